The summed E-state index contributed by atoms with van der Waals surface area (Å²) >= 11 is 3.27. The van der Waals surface area contributed by atoms with Gasteiger partial charge in [0.25, 0.3) is 0 Å². The summed E-state index contributed by atoms with van der Waals surface area (Å²) in [6.07, 6.45) is 0. The minimum Gasteiger partial charge on any atom is -0.386 e. The molecule has 3 nitrogen and oxygen atoms in total. The van der Waals surface area contributed by atoms with Crippen molar-refractivity contribution in [3.8, 4) is 0 Å². The van der Waals surface area contributed by atoms with Crippen molar-refractivity contribution in [2.24, 2.45) is 0 Å². The second-order valence-electron chi connectivity index (χ2n) is 3.06. The van der Waals surface area contributed by atoms with Crippen molar-refractivity contribution in [3.05, 3.63) is 15.9 Å². The Morgan fingerprint density at radius 1 is 1.55 bits per heavy atom. The van der Waals surface area contributed by atoms with Crippen LogP contribution >= 0.6 is 15.9 Å². The third-order valence-corrected chi connectivity index (χ3v) is 2.09. The van der Waals surface area contributed by atoms with Crippen molar-refractivity contribution in [2.75, 3.05) is 0 Å². The Labute approximate surface area is 74.0 Å². The molecule has 0 amide bonds. The maximum Gasteiger partial charge on any atom is 0.107 e. The van der Waals surface area contributed by atoms with Crippen LogP contribution in [0.5, 0.6) is 0 Å². The monoisotopic (exact) mass is 218 g/mol. The molecule has 0 radical (unpaired) electrons. The van der Waals surface area contributed by atoms with Gasteiger partial charge in [0.15, 0.2) is 0 Å². The van der Waals surface area contributed by atoms with Crippen molar-refractivity contribution in [2.45, 2.75) is 26.4 Å². The predicted octanol–water partition coefficient (Wildman–Crippen LogP) is 1.71. The van der Waals surface area contributed by atoms with Crippen molar-refractivity contribution in [3.63, 3.8) is 0 Å². The molecule has 1 rings (SSSR count). The zero-order valence-corrected chi connectivity index (χ0v) is 8.36. The number of nitrogens with zero attached hydrogens (tertiary/aromatic N) is 1. The Balaban J connectivity index is 3.21. The Morgan fingerprint density at radius 3 is 2.27 bits per heavy atom. The van der Waals surface area contributed by atoms with E-state index in [9.17, 15) is 5.11 Å². The largest absolute Gasteiger partial charge is 0.386 e. The van der Waals surface area contributed by atoms with E-state index in [4.69, 9.17) is 0 Å². The highest BCUT2D eigenvalue weighted by Gasteiger charge is 2.23. The topological polar surface area (TPSA) is 48.9 Å². The number of hydrogen-bond acceptors (Lipinski definition) is 2. The molecule has 4 heteroatoms. The second kappa shape index (κ2) is 2.60. The van der Waals surface area contributed by atoms with Gasteiger partial charge in [0.2, 0.25) is 0 Å². The Morgan fingerprint density at radius 2 is 2.09 bits per heavy atom. The van der Waals surface area contributed by atoms with Crippen LogP contribution in [0, 0.1) is 6.92 Å². The molecule has 0 aliphatic heterocycles. The van der Waals surface area contributed by atoms with Gasteiger partial charge in [0.05, 0.1) is 11.3 Å². The highest BCUT2D eigenvalue weighted by molar-refractivity contribution is 9.10. The van der Waals surface area contributed by atoms with Gasteiger partial charge in [0.1, 0.15) is 4.60 Å². The summed E-state index contributed by atoms with van der Waals surface area (Å²) in [7, 11) is 0. The van der Waals surface area contributed by atoms with E-state index in [1.165, 1.54) is 0 Å². The first-order chi connectivity index (χ1) is 4.93. The summed E-state index contributed by atoms with van der Waals surface area (Å²) in [6.45, 7) is 5.32. The average molecular weight is 219 g/mol. The first-order valence-electron chi connectivity index (χ1n) is 3.36. The zero-order chi connectivity index (χ0) is 8.65. The molecule has 0 bridgehead atoms. The van der Waals surface area contributed by atoms with E-state index in [0.29, 0.717) is 0 Å². The molecule has 0 atom stereocenters. The summed E-state index contributed by atoms with van der Waals surface area (Å²) in [4.78, 5) is 0. The fraction of sp³-hybridized carbons (Fsp3) is 0.571. The summed E-state index contributed by atoms with van der Waals surface area (Å²) in [5, 5.41) is 16.4. The lowest BCUT2D eigenvalue weighted by Crippen LogP contribution is -2.16. The normalized spacial score (nSPS) is 12.1. The fourth-order valence-corrected chi connectivity index (χ4v) is 1.98. The summed E-state index contributed by atoms with van der Waals surface area (Å²) in [5.41, 5.74) is 0.803. The lowest BCUT2D eigenvalue weighted by molar-refractivity contribution is 0.0772. The molecular weight excluding hydrogens is 208 g/mol. The highest BCUT2D eigenvalue weighted by Crippen LogP contribution is 2.28. The van der Waals surface area contributed by atoms with Gasteiger partial charge >= 0.3 is 0 Å². The van der Waals surface area contributed by atoms with Crippen LogP contribution in [-0.2, 0) is 5.60 Å². The van der Waals surface area contributed by atoms with Crippen LogP contribution in [0.3, 0.4) is 0 Å². The van der Waals surface area contributed by atoms with Crippen LogP contribution in [0.2, 0.25) is 0 Å². The van der Waals surface area contributed by atoms with E-state index in [1.807, 2.05) is 6.92 Å². The minimum atomic E-state index is -0.837. The maximum atomic E-state index is 9.65. The number of hydrogen-bond donors (Lipinski definition) is 2. The first kappa shape index (κ1) is 8.74. The van der Waals surface area contributed by atoms with Crippen LogP contribution in [0.15, 0.2) is 4.60 Å². The van der Waals surface area contributed by atoms with Crippen LogP contribution in [0.1, 0.15) is 25.1 Å². The number of aromatic amines is 1. The third kappa shape index (κ3) is 1.62. The zero-order valence-electron chi connectivity index (χ0n) is 6.77. The SMILES string of the molecule is Cc1n[nH]c(Br)c1C(C)(C)O. The van der Waals surface area contributed by atoms with E-state index in [0.717, 1.165) is 15.9 Å². The standard InChI is InChI=1S/C7H11BrN2O/c1-4-5(7(2,3)11)6(8)10-9-4/h11H,1-3H3,(H,9,10). The summed E-state index contributed by atoms with van der Waals surface area (Å²) < 4.78 is 0.752. The number of halogens is 1. The van der Waals surface area contributed by atoms with Gasteiger partial charge in [-0.1, -0.05) is 0 Å². The van der Waals surface area contributed by atoms with Gasteiger partial charge in [-0.2, -0.15) is 5.10 Å². The van der Waals surface area contributed by atoms with E-state index < -0.39 is 5.60 Å². The third-order valence-electron chi connectivity index (χ3n) is 1.51. The number of rotatable bonds is 1. The maximum absolute atomic E-state index is 9.65. The number of aliphatic hydroxyl groups is 1. The van der Waals surface area contributed by atoms with Gasteiger partial charge in [-0.15, -0.1) is 0 Å². The lowest BCUT2D eigenvalue weighted by Gasteiger charge is -2.16. The number of aryl methyl sites for hydroxylation is 1. The fourth-order valence-electron chi connectivity index (χ4n) is 1.11. The van der Waals surface area contributed by atoms with E-state index in [1.54, 1.807) is 13.8 Å². The molecule has 11 heavy (non-hydrogen) atoms. The van der Waals surface area contributed by atoms with Crippen molar-refractivity contribution in [1.82, 2.24) is 10.2 Å². The summed E-state index contributed by atoms with van der Waals surface area (Å²) in [5.74, 6) is 0. The molecule has 0 fully saturated rings. The van der Waals surface area contributed by atoms with Gasteiger partial charge in [-0.3, -0.25) is 5.10 Å². The van der Waals surface area contributed by atoms with E-state index >= 15 is 0 Å². The minimum absolute atomic E-state index is 0.752. The Bertz CT molecular complexity index is 242. The molecular formula is C7H11BrN2O. The molecule has 1 aromatic rings. The molecule has 0 saturated carbocycles. The lowest BCUT2D eigenvalue weighted by atomic mass is 10.00. The van der Waals surface area contributed by atoms with Gasteiger partial charge in [0, 0.05) is 5.56 Å². The highest BCUT2D eigenvalue weighted by atomic mass is 79.9. The molecule has 0 saturated heterocycles. The molecule has 2 N–H and O–H groups in total. The Kier molecular flexibility index (Phi) is 2.07. The van der Waals surface area contributed by atoms with Gasteiger partial charge in [-0.05, 0) is 36.7 Å². The quantitative estimate of drug-likeness (QED) is 0.755. The summed E-state index contributed by atoms with van der Waals surface area (Å²) in [6, 6.07) is 0. The second-order valence-corrected chi connectivity index (χ2v) is 3.85. The molecule has 0 aliphatic rings. The van der Waals surface area contributed by atoms with Gasteiger partial charge in [-0.25, -0.2) is 0 Å². The number of H-pyrrole nitrogens is 1. The van der Waals surface area contributed by atoms with Crippen molar-refractivity contribution < 1.29 is 5.11 Å². The van der Waals surface area contributed by atoms with Gasteiger partial charge < -0.3 is 5.11 Å². The smallest absolute Gasteiger partial charge is 0.107 e. The van der Waals surface area contributed by atoms with Crippen LogP contribution in [0.25, 0.3) is 0 Å². The molecule has 0 spiro atoms. The van der Waals surface area contributed by atoms with E-state index in [2.05, 4.69) is 26.1 Å². The molecule has 1 aromatic heterocycles. The number of nitrogens with one attached hydrogen (secondary N) is 1. The van der Waals surface area contributed by atoms with Crippen LogP contribution in [-0.4, -0.2) is 15.3 Å². The van der Waals surface area contributed by atoms with Crippen LogP contribution in [0.4, 0.5) is 0 Å². The van der Waals surface area contributed by atoms with E-state index in [-0.39, 0.29) is 0 Å². The van der Waals surface area contributed by atoms with Crippen molar-refractivity contribution in [1.29, 1.82) is 0 Å². The Hall–Kier alpha value is -0.350. The first-order valence-corrected chi connectivity index (χ1v) is 4.15. The molecule has 0 aromatic carbocycles. The number of aromatic nitrogens is 2. The average Bonchev–Trinajstić information content (AvgIpc) is 2.08. The van der Waals surface area contributed by atoms with Crippen LogP contribution < -0.4 is 0 Å². The van der Waals surface area contributed by atoms with Crippen molar-refractivity contribution >= 4 is 15.9 Å². The molecule has 1 heterocycles. The molecule has 0 aliphatic carbocycles. The predicted molar refractivity (Wildman–Crippen MR) is 46.3 cm³/mol. The molecule has 62 valence electrons. The molecule has 0 unspecified atom stereocenters.